The Hall–Kier alpha value is -2.71. The van der Waals surface area contributed by atoms with Crippen LogP contribution in [-0.2, 0) is 21.9 Å². The Bertz CT molecular complexity index is 746. The second-order valence-corrected chi connectivity index (χ2v) is 5.22. The molecule has 122 valence electrons. The van der Waals surface area contributed by atoms with E-state index in [1.807, 2.05) is 42.5 Å². The van der Waals surface area contributed by atoms with E-state index >= 15 is 0 Å². The number of benzene rings is 2. The second kappa shape index (κ2) is 9.43. The minimum Gasteiger partial charge on any atom is -0.451 e. The number of ether oxygens (including phenoxy) is 1. The van der Waals surface area contributed by atoms with Gasteiger partial charge in [0.05, 0.1) is 6.54 Å². The summed E-state index contributed by atoms with van der Waals surface area (Å²) in [4.78, 5) is 23.4. The molecule has 2 rings (SSSR count). The molecule has 0 aliphatic heterocycles. The quantitative estimate of drug-likeness (QED) is 0.381. The Morgan fingerprint density at radius 3 is 2.38 bits per heavy atom. The first-order valence-corrected chi connectivity index (χ1v) is 8.00. The van der Waals surface area contributed by atoms with Gasteiger partial charge < -0.3 is 10.1 Å². The topological polar surface area (TPSA) is 55.4 Å². The van der Waals surface area contributed by atoms with Gasteiger partial charge in [-0.3, -0.25) is 4.79 Å². The number of nitrogens with one attached hydrogen (secondary N) is 1. The lowest BCUT2D eigenvalue weighted by molar-refractivity contribution is -0.137. The highest BCUT2D eigenvalue weighted by Gasteiger charge is 2.03. The Kier molecular flexibility index (Phi) is 6.93. The molecule has 0 heterocycles. The average molecular weight is 339 g/mol. The standard InChI is InChI=1S/C19H17NO3S/c21-18(23-13-15-5-2-1-3-6-15)7-4-12-20-19(22)17-10-8-16(14-24)9-11-17/h1-3,5-6,8-11,24H,12-14H2,(H,20,22). The van der Waals surface area contributed by atoms with Crippen LogP contribution in [0.4, 0.5) is 0 Å². The maximum Gasteiger partial charge on any atom is 0.384 e. The first-order chi connectivity index (χ1) is 11.7. The highest BCUT2D eigenvalue weighted by atomic mass is 32.1. The SMILES string of the molecule is O=C(C#CCNC(=O)c1ccc(CS)cc1)OCc1ccccc1. The number of hydrogen-bond donors (Lipinski definition) is 2. The molecule has 0 saturated carbocycles. The molecule has 2 aromatic rings. The lowest BCUT2D eigenvalue weighted by atomic mass is 10.1. The second-order valence-electron chi connectivity index (χ2n) is 4.90. The third kappa shape index (κ3) is 5.82. The molecule has 1 amide bonds. The van der Waals surface area contributed by atoms with Gasteiger partial charge in [0.15, 0.2) is 0 Å². The molecule has 0 aliphatic carbocycles. The molecule has 0 atom stereocenters. The maximum absolute atomic E-state index is 11.9. The van der Waals surface area contributed by atoms with Crippen LogP contribution < -0.4 is 5.32 Å². The van der Waals surface area contributed by atoms with E-state index in [9.17, 15) is 9.59 Å². The summed E-state index contributed by atoms with van der Waals surface area (Å²) < 4.78 is 5.01. The maximum atomic E-state index is 11.9. The molecule has 0 bridgehead atoms. The Balaban J connectivity index is 1.74. The lowest BCUT2D eigenvalue weighted by Gasteiger charge is -2.02. The Morgan fingerprint density at radius 1 is 1.00 bits per heavy atom. The van der Waals surface area contributed by atoms with Crippen molar-refractivity contribution in [2.24, 2.45) is 0 Å². The summed E-state index contributed by atoms with van der Waals surface area (Å²) in [6.45, 7) is 0.256. The number of rotatable bonds is 5. The zero-order chi connectivity index (χ0) is 17.2. The van der Waals surface area contributed by atoms with Crippen molar-refractivity contribution in [3.05, 3.63) is 71.3 Å². The van der Waals surface area contributed by atoms with E-state index in [0.717, 1.165) is 11.1 Å². The lowest BCUT2D eigenvalue weighted by Crippen LogP contribution is -2.23. The van der Waals surface area contributed by atoms with Gasteiger partial charge >= 0.3 is 5.97 Å². The highest BCUT2D eigenvalue weighted by Crippen LogP contribution is 2.06. The molecule has 0 fully saturated rings. The average Bonchev–Trinajstić information content (AvgIpc) is 2.64. The van der Waals surface area contributed by atoms with E-state index in [1.165, 1.54) is 0 Å². The van der Waals surface area contributed by atoms with Crippen LogP contribution in [0.1, 0.15) is 21.5 Å². The summed E-state index contributed by atoms with van der Waals surface area (Å²) in [6.07, 6.45) is 0. The largest absolute Gasteiger partial charge is 0.451 e. The molecule has 0 saturated heterocycles. The van der Waals surface area contributed by atoms with Gasteiger partial charge in [-0.1, -0.05) is 48.4 Å². The smallest absolute Gasteiger partial charge is 0.384 e. The van der Waals surface area contributed by atoms with Gasteiger partial charge in [-0.05, 0) is 23.3 Å². The molecule has 2 aromatic carbocycles. The normalized spacial score (nSPS) is 9.54. The van der Waals surface area contributed by atoms with Gasteiger partial charge in [0, 0.05) is 17.2 Å². The van der Waals surface area contributed by atoms with Gasteiger partial charge in [0.25, 0.3) is 5.91 Å². The van der Waals surface area contributed by atoms with Crippen molar-refractivity contribution in [1.82, 2.24) is 5.32 Å². The van der Waals surface area contributed by atoms with Crippen LogP contribution in [0.25, 0.3) is 0 Å². The number of amides is 1. The molecule has 1 N–H and O–H groups in total. The molecule has 4 nitrogen and oxygen atoms in total. The van der Waals surface area contributed by atoms with E-state index in [-0.39, 0.29) is 19.1 Å². The summed E-state index contributed by atoms with van der Waals surface area (Å²) in [5.41, 5.74) is 2.47. The molecule has 0 radical (unpaired) electrons. The van der Waals surface area contributed by atoms with Crippen LogP contribution >= 0.6 is 12.6 Å². The Morgan fingerprint density at radius 2 is 1.71 bits per heavy atom. The van der Waals surface area contributed by atoms with Crippen molar-refractivity contribution in [3.63, 3.8) is 0 Å². The summed E-state index contributed by atoms with van der Waals surface area (Å²) in [6, 6.07) is 16.5. The van der Waals surface area contributed by atoms with Crippen molar-refractivity contribution >= 4 is 24.5 Å². The molecule has 0 aromatic heterocycles. The molecular formula is C19H17NO3S. The predicted molar refractivity (Wildman–Crippen MR) is 95.5 cm³/mol. The van der Waals surface area contributed by atoms with Crippen LogP contribution in [-0.4, -0.2) is 18.4 Å². The number of thiol groups is 1. The third-order valence-electron chi connectivity index (χ3n) is 3.14. The van der Waals surface area contributed by atoms with E-state index in [4.69, 9.17) is 4.74 Å². The van der Waals surface area contributed by atoms with Crippen molar-refractivity contribution in [1.29, 1.82) is 0 Å². The van der Waals surface area contributed by atoms with Crippen LogP contribution in [0.5, 0.6) is 0 Å². The van der Waals surface area contributed by atoms with Crippen LogP contribution in [0, 0.1) is 11.8 Å². The minimum atomic E-state index is -0.619. The zero-order valence-electron chi connectivity index (χ0n) is 13.0. The van der Waals surface area contributed by atoms with Gasteiger partial charge in [0.2, 0.25) is 0 Å². The van der Waals surface area contributed by atoms with Crippen molar-refractivity contribution < 1.29 is 14.3 Å². The number of esters is 1. The highest BCUT2D eigenvalue weighted by molar-refractivity contribution is 7.79. The van der Waals surface area contributed by atoms with Gasteiger partial charge in [-0.15, -0.1) is 0 Å². The molecule has 0 spiro atoms. The monoisotopic (exact) mass is 339 g/mol. The number of carbonyl (C=O) groups is 2. The summed E-state index contributed by atoms with van der Waals surface area (Å²) in [7, 11) is 0. The minimum absolute atomic E-state index is 0.0770. The fraction of sp³-hybridized carbons (Fsp3) is 0.158. The van der Waals surface area contributed by atoms with Gasteiger partial charge in [-0.2, -0.15) is 12.6 Å². The first kappa shape index (κ1) is 17.6. The van der Waals surface area contributed by atoms with Gasteiger partial charge in [0.1, 0.15) is 6.61 Å². The van der Waals surface area contributed by atoms with E-state index in [2.05, 4.69) is 29.8 Å². The van der Waals surface area contributed by atoms with E-state index < -0.39 is 5.97 Å². The van der Waals surface area contributed by atoms with Crippen LogP contribution in [0.2, 0.25) is 0 Å². The number of hydrogen-bond acceptors (Lipinski definition) is 4. The third-order valence-corrected chi connectivity index (χ3v) is 3.50. The first-order valence-electron chi connectivity index (χ1n) is 7.36. The molecule has 5 heteroatoms. The molecule has 24 heavy (non-hydrogen) atoms. The van der Waals surface area contributed by atoms with Crippen LogP contribution in [0.3, 0.4) is 0 Å². The van der Waals surface area contributed by atoms with Crippen molar-refractivity contribution in [2.45, 2.75) is 12.4 Å². The van der Waals surface area contributed by atoms with E-state index in [0.29, 0.717) is 11.3 Å². The molecular weight excluding hydrogens is 322 g/mol. The van der Waals surface area contributed by atoms with Gasteiger partial charge in [-0.25, -0.2) is 4.79 Å². The van der Waals surface area contributed by atoms with Crippen molar-refractivity contribution in [3.8, 4) is 11.8 Å². The number of carbonyl (C=O) groups excluding carboxylic acids is 2. The Labute approximate surface area is 146 Å². The fourth-order valence-electron chi connectivity index (χ4n) is 1.86. The fourth-order valence-corrected chi connectivity index (χ4v) is 2.07. The summed E-state index contributed by atoms with van der Waals surface area (Å²) in [5, 5.41) is 2.63. The van der Waals surface area contributed by atoms with Crippen LogP contribution in [0.15, 0.2) is 54.6 Å². The van der Waals surface area contributed by atoms with E-state index in [1.54, 1.807) is 12.1 Å². The van der Waals surface area contributed by atoms with Crippen molar-refractivity contribution in [2.75, 3.05) is 6.54 Å². The predicted octanol–water partition coefficient (Wildman–Crippen LogP) is 2.59. The zero-order valence-corrected chi connectivity index (χ0v) is 13.9. The summed E-state index contributed by atoms with van der Waals surface area (Å²) in [5.74, 6) is 4.68. The molecule has 0 aliphatic rings. The molecule has 0 unspecified atom stereocenters. The summed E-state index contributed by atoms with van der Waals surface area (Å²) >= 11 is 4.16.